The van der Waals surface area contributed by atoms with Crippen LogP contribution in [0.4, 0.5) is 0 Å². The summed E-state index contributed by atoms with van der Waals surface area (Å²) in [6, 6.07) is 2.73. The number of aliphatic hydroxyl groups is 1. The van der Waals surface area contributed by atoms with E-state index in [1.807, 2.05) is 11.7 Å². The van der Waals surface area contributed by atoms with Crippen LogP contribution in [0.2, 0.25) is 0 Å². The Morgan fingerprint density at radius 3 is 2.63 bits per heavy atom. The van der Waals surface area contributed by atoms with Gasteiger partial charge in [-0.3, -0.25) is 4.68 Å². The molecule has 2 N–H and O–H groups in total. The number of hydrogen-bond acceptors (Lipinski definition) is 3. The van der Waals surface area contributed by atoms with E-state index in [1.165, 1.54) is 5.69 Å². The number of aromatic nitrogens is 2. The monoisotopic (exact) mass is 265 g/mol. The molecule has 1 aromatic rings. The lowest BCUT2D eigenvalue weighted by atomic mass is 9.79. The molecule has 2 rings (SSSR count). The van der Waals surface area contributed by atoms with E-state index >= 15 is 0 Å². The Balaban J connectivity index is 2.06. The Bertz CT molecular complexity index is 406. The van der Waals surface area contributed by atoms with Gasteiger partial charge in [0.05, 0.1) is 11.3 Å². The van der Waals surface area contributed by atoms with E-state index in [0.29, 0.717) is 6.04 Å². The number of nitrogens with one attached hydrogen (secondary N) is 1. The number of nitrogens with zero attached hydrogens (tertiary/aromatic N) is 2. The third-order valence-electron chi connectivity index (χ3n) is 4.41. The Morgan fingerprint density at radius 2 is 2.11 bits per heavy atom. The van der Waals surface area contributed by atoms with Crippen LogP contribution in [-0.2, 0) is 19.4 Å². The van der Waals surface area contributed by atoms with Gasteiger partial charge in [0.1, 0.15) is 0 Å². The van der Waals surface area contributed by atoms with Crippen LogP contribution in [0.5, 0.6) is 0 Å². The molecule has 19 heavy (non-hydrogen) atoms. The second-order valence-corrected chi connectivity index (χ2v) is 5.76. The minimum atomic E-state index is -0.536. The minimum Gasteiger partial charge on any atom is -0.389 e. The van der Waals surface area contributed by atoms with E-state index in [1.54, 1.807) is 0 Å². The second kappa shape index (κ2) is 6.06. The SMILES string of the molecule is CCc1cc(CC2(O)CCC(NC)CC2)n(CC)n1. The van der Waals surface area contributed by atoms with Crippen molar-refractivity contribution in [2.45, 2.75) is 70.6 Å². The highest BCUT2D eigenvalue weighted by molar-refractivity contribution is 5.13. The summed E-state index contributed by atoms with van der Waals surface area (Å²) in [6.07, 6.45) is 5.59. The molecule has 0 spiro atoms. The lowest BCUT2D eigenvalue weighted by Crippen LogP contribution is -2.41. The van der Waals surface area contributed by atoms with Gasteiger partial charge in [0.25, 0.3) is 0 Å². The summed E-state index contributed by atoms with van der Waals surface area (Å²) in [5.74, 6) is 0. The molecule has 4 heteroatoms. The average Bonchev–Trinajstić information content (AvgIpc) is 2.81. The fourth-order valence-corrected chi connectivity index (χ4v) is 3.06. The zero-order valence-corrected chi connectivity index (χ0v) is 12.4. The van der Waals surface area contributed by atoms with Crippen LogP contribution < -0.4 is 5.32 Å². The molecule has 0 atom stereocenters. The van der Waals surface area contributed by atoms with Crippen LogP contribution in [0.15, 0.2) is 6.07 Å². The predicted molar refractivity (Wildman–Crippen MR) is 77.2 cm³/mol. The van der Waals surface area contributed by atoms with E-state index < -0.39 is 5.60 Å². The number of aryl methyl sites for hydroxylation is 2. The van der Waals surface area contributed by atoms with Crippen LogP contribution >= 0.6 is 0 Å². The lowest BCUT2D eigenvalue weighted by molar-refractivity contribution is -0.00404. The van der Waals surface area contributed by atoms with Crippen molar-refractivity contribution in [3.8, 4) is 0 Å². The van der Waals surface area contributed by atoms with Gasteiger partial charge in [0, 0.05) is 24.7 Å². The standard InChI is InChI=1S/C15H27N3O/c1-4-12-10-14(18(5-2)17-12)11-15(19)8-6-13(16-3)7-9-15/h10,13,16,19H,4-9,11H2,1-3H3. The Kier molecular flexibility index (Phi) is 4.63. The van der Waals surface area contributed by atoms with E-state index in [2.05, 4.69) is 30.3 Å². The highest BCUT2D eigenvalue weighted by atomic mass is 16.3. The Hall–Kier alpha value is -0.870. The molecule has 0 radical (unpaired) electrons. The van der Waals surface area contributed by atoms with E-state index in [-0.39, 0.29) is 0 Å². The largest absolute Gasteiger partial charge is 0.389 e. The van der Waals surface area contributed by atoms with Gasteiger partial charge >= 0.3 is 0 Å². The third kappa shape index (κ3) is 3.37. The molecule has 1 aliphatic carbocycles. The molecule has 108 valence electrons. The molecule has 0 bridgehead atoms. The minimum absolute atomic E-state index is 0.536. The van der Waals surface area contributed by atoms with E-state index in [0.717, 1.165) is 50.8 Å². The second-order valence-electron chi connectivity index (χ2n) is 5.76. The van der Waals surface area contributed by atoms with Crippen LogP contribution in [0.1, 0.15) is 50.9 Å². The van der Waals surface area contributed by atoms with Crippen molar-refractivity contribution < 1.29 is 5.11 Å². The molecule has 0 amide bonds. The van der Waals surface area contributed by atoms with Crippen LogP contribution in [-0.4, -0.2) is 33.6 Å². The molecule has 1 saturated carbocycles. The van der Waals surface area contributed by atoms with Gasteiger partial charge < -0.3 is 10.4 Å². The first-order valence-corrected chi connectivity index (χ1v) is 7.55. The summed E-state index contributed by atoms with van der Waals surface area (Å²) in [5, 5.41) is 18.7. The topological polar surface area (TPSA) is 50.1 Å². The molecular weight excluding hydrogens is 238 g/mol. The van der Waals surface area contributed by atoms with Gasteiger partial charge in [-0.2, -0.15) is 5.10 Å². The van der Waals surface area contributed by atoms with Crippen LogP contribution in [0.3, 0.4) is 0 Å². The molecular formula is C15H27N3O. The predicted octanol–water partition coefficient (Wildman–Crippen LogP) is 1.90. The molecule has 0 saturated heterocycles. The van der Waals surface area contributed by atoms with Crippen molar-refractivity contribution in [1.82, 2.24) is 15.1 Å². The summed E-state index contributed by atoms with van der Waals surface area (Å²) < 4.78 is 2.04. The van der Waals surface area contributed by atoms with Crippen molar-refractivity contribution in [2.75, 3.05) is 7.05 Å². The Labute approximate surface area is 116 Å². The summed E-state index contributed by atoms with van der Waals surface area (Å²) in [7, 11) is 2.01. The van der Waals surface area contributed by atoms with Crippen molar-refractivity contribution in [2.24, 2.45) is 0 Å². The van der Waals surface area contributed by atoms with Crippen molar-refractivity contribution in [3.05, 3.63) is 17.5 Å². The van der Waals surface area contributed by atoms with Crippen molar-refractivity contribution in [1.29, 1.82) is 0 Å². The summed E-state index contributed by atoms with van der Waals surface area (Å²) in [5.41, 5.74) is 1.78. The van der Waals surface area contributed by atoms with Crippen molar-refractivity contribution >= 4 is 0 Å². The number of rotatable bonds is 5. The van der Waals surface area contributed by atoms with Gasteiger partial charge in [0.2, 0.25) is 0 Å². The zero-order valence-electron chi connectivity index (χ0n) is 12.4. The maximum Gasteiger partial charge on any atom is 0.0704 e. The van der Waals surface area contributed by atoms with Gasteiger partial charge in [-0.1, -0.05) is 6.92 Å². The summed E-state index contributed by atoms with van der Waals surface area (Å²) >= 11 is 0. The molecule has 4 nitrogen and oxygen atoms in total. The van der Waals surface area contributed by atoms with Crippen LogP contribution in [0, 0.1) is 0 Å². The van der Waals surface area contributed by atoms with E-state index in [9.17, 15) is 5.11 Å². The molecule has 1 heterocycles. The fraction of sp³-hybridized carbons (Fsp3) is 0.800. The molecule has 1 aromatic heterocycles. The molecule has 0 unspecified atom stereocenters. The summed E-state index contributed by atoms with van der Waals surface area (Å²) in [4.78, 5) is 0. The van der Waals surface area contributed by atoms with Gasteiger partial charge in [-0.05, 0) is 52.1 Å². The molecule has 0 aromatic carbocycles. The molecule has 0 aliphatic heterocycles. The number of hydrogen-bond donors (Lipinski definition) is 2. The average molecular weight is 265 g/mol. The highest BCUT2D eigenvalue weighted by Crippen LogP contribution is 2.31. The highest BCUT2D eigenvalue weighted by Gasteiger charge is 2.33. The summed E-state index contributed by atoms with van der Waals surface area (Å²) in [6.45, 7) is 5.11. The van der Waals surface area contributed by atoms with Crippen LogP contribution in [0.25, 0.3) is 0 Å². The first kappa shape index (κ1) is 14.5. The van der Waals surface area contributed by atoms with Crippen molar-refractivity contribution in [3.63, 3.8) is 0 Å². The molecule has 1 fully saturated rings. The normalized spacial score (nSPS) is 27.7. The Morgan fingerprint density at radius 1 is 1.42 bits per heavy atom. The third-order valence-corrected chi connectivity index (χ3v) is 4.41. The zero-order chi connectivity index (χ0) is 13.9. The quantitative estimate of drug-likeness (QED) is 0.855. The van der Waals surface area contributed by atoms with Gasteiger partial charge in [-0.15, -0.1) is 0 Å². The fourth-order valence-electron chi connectivity index (χ4n) is 3.06. The lowest BCUT2D eigenvalue weighted by Gasteiger charge is -2.36. The first-order chi connectivity index (χ1) is 9.10. The van der Waals surface area contributed by atoms with E-state index in [4.69, 9.17) is 0 Å². The first-order valence-electron chi connectivity index (χ1n) is 7.55. The maximum atomic E-state index is 10.8. The smallest absolute Gasteiger partial charge is 0.0704 e. The maximum absolute atomic E-state index is 10.8. The molecule has 1 aliphatic rings. The van der Waals surface area contributed by atoms with Gasteiger partial charge in [-0.25, -0.2) is 0 Å². The van der Waals surface area contributed by atoms with Gasteiger partial charge in [0.15, 0.2) is 0 Å².